The number of hydrogen-bond donors (Lipinski definition) is 0. The molecule has 9 heteroatoms. The zero-order valence-corrected chi connectivity index (χ0v) is 18.4. The van der Waals surface area contributed by atoms with Crippen LogP contribution in [0, 0.1) is 13.8 Å². The predicted molar refractivity (Wildman–Crippen MR) is 112 cm³/mol. The number of carbonyl (C=O) groups is 1. The molecule has 1 fully saturated rings. The number of benzene rings is 1. The quantitative estimate of drug-likeness (QED) is 0.674. The van der Waals surface area contributed by atoms with E-state index in [0.29, 0.717) is 41.8 Å². The number of alkyl halides is 3. The number of ether oxygens (including phenoxy) is 1. The van der Waals surface area contributed by atoms with Gasteiger partial charge in [-0.15, -0.1) is 13.2 Å². The average Bonchev–Trinajstić information content (AvgIpc) is 3.01. The number of piperazine rings is 1. The summed E-state index contributed by atoms with van der Waals surface area (Å²) in [7, 11) is 0. The molecule has 1 aromatic carbocycles. The van der Waals surface area contributed by atoms with E-state index in [1.54, 1.807) is 19.9 Å². The fourth-order valence-corrected chi connectivity index (χ4v) is 4.14. The number of amides is 1. The fraction of sp³-hybridized carbons (Fsp3) is 0.545. The van der Waals surface area contributed by atoms with Crippen LogP contribution in [0.15, 0.2) is 24.3 Å². The summed E-state index contributed by atoms with van der Waals surface area (Å²) >= 11 is 0. The molecule has 170 valence electrons. The van der Waals surface area contributed by atoms with Gasteiger partial charge in [0.1, 0.15) is 5.75 Å². The van der Waals surface area contributed by atoms with Gasteiger partial charge < -0.3 is 9.64 Å². The van der Waals surface area contributed by atoms with Gasteiger partial charge in [0.15, 0.2) is 0 Å². The predicted octanol–water partition coefficient (Wildman–Crippen LogP) is 4.33. The zero-order chi connectivity index (χ0) is 22.8. The summed E-state index contributed by atoms with van der Waals surface area (Å²) in [6, 6.07) is 6.08. The first-order valence-corrected chi connectivity index (χ1v) is 10.6. The maximum atomic E-state index is 13.2. The molecule has 1 amide bonds. The molecule has 1 aliphatic heterocycles. The van der Waals surface area contributed by atoms with Gasteiger partial charge in [-0.1, -0.05) is 19.4 Å². The summed E-state index contributed by atoms with van der Waals surface area (Å²) in [6.07, 6.45) is -2.51. The van der Waals surface area contributed by atoms with Crippen molar-refractivity contribution in [2.24, 2.45) is 0 Å². The van der Waals surface area contributed by atoms with Crippen molar-refractivity contribution in [3.05, 3.63) is 41.2 Å². The summed E-state index contributed by atoms with van der Waals surface area (Å²) in [6.45, 7) is 10.8. The van der Waals surface area contributed by atoms with Crippen LogP contribution in [-0.2, 0) is 0 Å². The molecule has 0 aliphatic carbocycles. The Balaban J connectivity index is 1.78. The highest BCUT2D eigenvalue weighted by Gasteiger charge is 2.32. The van der Waals surface area contributed by atoms with Crippen molar-refractivity contribution in [3.8, 4) is 11.4 Å². The Hall–Kier alpha value is -2.55. The molecule has 2 heterocycles. The molecule has 0 spiro atoms. The van der Waals surface area contributed by atoms with Crippen LogP contribution in [0.5, 0.6) is 5.75 Å². The Morgan fingerprint density at radius 1 is 1.19 bits per heavy atom. The molecular formula is C22H29F3N4O2. The monoisotopic (exact) mass is 438 g/mol. The van der Waals surface area contributed by atoms with Gasteiger partial charge in [-0.05, 0) is 39.3 Å². The van der Waals surface area contributed by atoms with Crippen LogP contribution >= 0.6 is 0 Å². The molecule has 0 N–H and O–H groups in total. The van der Waals surface area contributed by atoms with Gasteiger partial charge in [-0.3, -0.25) is 9.69 Å². The van der Waals surface area contributed by atoms with E-state index in [1.807, 2.05) is 4.90 Å². The van der Waals surface area contributed by atoms with Crippen LogP contribution in [0.1, 0.15) is 48.4 Å². The number of hydrogen-bond acceptors (Lipinski definition) is 4. The Labute approximate surface area is 180 Å². The highest BCUT2D eigenvalue weighted by Crippen LogP contribution is 2.26. The highest BCUT2D eigenvalue weighted by atomic mass is 19.4. The maximum Gasteiger partial charge on any atom is 0.573 e. The van der Waals surface area contributed by atoms with Gasteiger partial charge in [0, 0.05) is 38.3 Å². The maximum absolute atomic E-state index is 13.2. The van der Waals surface area contributed by atoms with Crippen molar-refractivity contribution in [3.63, 3.8) is 0 Å². The van der Waals surface area contributed by atoms with Gasteiger partial charge in [-0.25, -0.2) is 4.68 Å². The summed E-state index contributed by atoms with van der Waals surface area (Å²) < 4.78 is 43.2. The second-order valence-corrected chi connectivity index (χ2v) is 7.97. The van der Waals surface area contributed by atoms with E-state index in [-0.39, 0.29) is 11.7 Å². The number of rotatable bonds is 6. The molecule has 0 saturated carbocycles. The molecule has 1 aromatic heterocycles. The molecular weight excluding hydrogens is 409 g/mol. The van der Waals surface area contributed by atoms with Crippen LogP contribution in [0.3, 0.4) is 0 Å². The van der Waals surface area contributed by atoms with Gasteiger partial charge in [0.2, 0.25) is 0 Å². The van der Waals surface area contributed by atoms with E-state index >= 15 is 0 Å². The van der Waals surface area contributed by atoms with E-state index in [9.17, 15) is 18.0 Å². The lowest BCUT2D eigenvalue weighted by molar-refractivity contribution is -0.274. The van der Waals surface area contributed by atoms with Crippen molar-refractivity contribution in [1.29, 1.82) is 0 Å². The Bertz CT molecular complexity index is 918. The summed E-state index contributed by atoms with van der Waals surface area (Å²) in [5.74, 6) is -0.422. The number of aromatic nitrogens is 2. The van der Waals surface area contributed by atoms with E-state index < -0.39 is 6.36 Å². The number of carbonyl (C=O) groups excluding carboxylic acids is 1. The Morgan fingerprint density at radius 2 is 1.87 bits per heavy atom. The molecule has 1 saturated heterocycles. The van der Waals surface area contributed by atoms with E-state index in [1.165, 1.54) is 22.9 Å². The Kier molecular flexibility index (Phi) is 6.93. The van der Waals surface area contributed by atoms with Crippen LogP contribution < -0.4 is 4.74 Å². The zero-order valence-electron chi connectivity index (χ0n) is 18.4. The number of nitrogens with zero attached hydrogens (tertiary/aromatic N) is 4. The molecule has 31 heavy (non-hydrogen) atoms. The molecule has 1 aliphatic rings. The van der Waals surface area contributed by atoms with Crippen LogP contribution in [0.25, 0.3) is 5.69 Å². The first-order valence-electron chi connectivity index (χ1n) is 10.6. The summed E-state index contributed by atoms with van der Waals surface area (Å²) in [5, 5.41) is 4.42. The molecule has 6 nitrogen and oxygen atoms in total. The van der Waals surface area contributed by atoms with Gasteiger partial charge in [0.25, 0.3) is 5.91 Å². The first-order chi connectivity index (χ1) is 14.6. The van der Waals surface area contributed by atoms with Crippen molar-refractivity contribution in [1.82, 2.24) is 19.6 Å². The third kappa shape index (κ3) is 5.39. The molecule has 3 rings (SSSR count). The first kappa shape index (κ1) is 23.1. The topological polar surface area (TPSA) is 50.6 Å². The molecule has 0 radical (unpaired) electrons. The smallest absolute Gasteiger partial charge is 0.406 e. The minimum Gasteiger partial charge on any atom is -0.406 e. The SMILES string of the molecule is CCCC(C)N1CCN(C(=O)c2c(C)nn(-c3cccc(OC(F)(F)F)c3)c2C)CC1. The fourth-order valence-electron chi connectivity index (χ4n) is 4.14. The number of halogens is 3. The largest absolute Gasteiger partial charge is 0.573 e. The van der Waals surface area contributed by atoms with Gasteiger partial charge >= 0.3 is 6.36 Å². The van der Waals surface area contributed by atoms with Crippen molar-refractivity contribution >= 4 is 5.91 Å². The molecule has 2 aromatic rings. The lowest BCUT2D eigenvalue weighted by Gasteiger charge is -2.38. The molecule has 1 unspecified atom stereocenters. The lowest BCUT2D eigenvalue weighted by atomic mass is 10.1. The van der Waals surface area contributed by atoms with Crippen LogP contribution in [0.4, 0.5) is 13.2 Å². The molecule has 0 bridgehead atoms. The third-order valence-corrected chi connectivity index (χ3v) is 5.73. The summed E-state index contributed by atoms with van der Waals surface area (Å²) in [5.41, 5.74) is 2.04. The van der Waals surface area contributed by atoms with Gasteiger partial charge in [0.05, 0.1) is 22.6 Å². The van der Waals surface area contributed by atoms with Crippen LogP contribution in [0.2, 0.25) is 0 Å². The average molecular weight is 438 g/mol. The molecule has 1 atom stereocenters. The minimum atomic E-state index is -4.77. The van der Waals surface area contributed by atoms with Gasteiger partial charge in [-0.2, -0.15) is 5.10 Å². The second-order valence-electron chi connectivity index (χ2n) is 7.97. The number of aryl methyl sites for hydroxylation is 1. The van der Waals surface area contributed by atoms with E-state index in [2.05, 4.69) is 28.6 Å². The van der Waals surface area contributed by atoms with Crippen molar-refractivity contribution in [2.75, 3.05) is 26.2 Å². The lowest BCUT2D eigenvalue weighted by Crippen LogP contribution is -2.51. The highest BCUT2D eigenvalue weighted by molar-refractivity contribution is 5.96. The third-order valence-electron chi connectivity index (χ3n) is 5.73. The van der Waals surface area contributed by atoms with E-state index in [0.717, 1.165) is 25.9 Å². The van der Waals surface area contributed by atoms with Crippen molar-refractivity contribution < 1.29 is 22.7 Å². The van der Waals surface area contributed by atoms with Crippen molar-refractivity contribution in [2.45, 2.75) is 52.9 Å². The summed E-state index contributed by atoms with van der Waals surface area (Å²) in [4.78, 5) is 17.5. The minimum absolute atomic E-state index is 0.0910. The van der Waals surface area contributed by atoms with E-state index in [4.69, 9.17) is 0 Å². The Morgan fingerprint density at radius 3 is 2.48 bits per heavy atom. The standard InChI is InChI=1S/C22H29F3N4O2/c1-5-7-15(2)27-10-12-28(13-11-27)21(30)20-16(3)26-29(17(20)4)18-8-6-9-19(14-18)31-22(23,24)25/h6,8-9,14-15H,5,7,10-13H2,1-4H3. The van der Waals surface area contributed by atoms with Crippen LogP contribution in [-0.4, -0.2) is 64.1 Å². The normalized spacial score (nSPS) is 16.4. The second kappa shape index (κ2) is 9.30.